The van der Waals surface area contributed by atoms with Crippen LogP contribution in [-0.2, 0) is 0 Å². The minimum Gasteiger partial charge on any atom is -0.496 e. The lowest BCUT2D eigenvalue weighted by molar-refractivity contribution is 0.0982. The van der Waals surface area contributed by atoms with Crippen LogP contribution in [0.15, 0.2) is 29.3 Å². The Labute approximate surface area is 194 Å². The Balaban J connectivity index is 0.00000420. The van der Waals surface area contributed by atoms with Crippen LogP contribution in [0.3, 0.4) is 0 Å². The molecule has 0 spiro atoms. The third-order valence-electron chi connectivity index (χ3n) is 5.71. The Bertz CT molecular complexity index is 629. The van der Waals surface area contributed by atoms with Crippen LogP contribution in [-0.4, -0.2) is 75.7 Å². The highest BCUT2D eigenvalue weighted by molar-refractivity contribution is 14.0. The molecule has 1 saturated heterocycles. The van der Waals surface area contributed by atoms with Crippen molar-refractivity contribution >= 4 is 29.9 Å². The minimum absolute atomic E-state index is 0. The van der Waals surface area contributed by atoms with Gasteiger partial charge in [-0.15, -0.1) is 24.0 Å². The van der Waals surface area contributed by atoms with Crippen molar-refractivity contribution in [2.75, 3.05) is 54.4 Å². The molecule has 6 nitrogen and oxygen atoms in total. The highest BCUT2D eigenvalue weighted by atomic mass is 127. The molecule has 1 fully saturated rings. The van der Waals surface area contributed by atoms with E-state index in [1.165, 1.54) is 37.9 Å². The first-order chi connectivity index (χ1) is 13.4. The van der Waals surface area contributed by atoms with Crippen LogP contribution in [0.4, 0.5) is 0 Å². The number of guanidine groups is 1. The van der Waals surface area contributed by atoms with Gasteiger partial charge in [-0.25, -0.2) is 0 Å². The van der Waals surface area contributed by atoms with Gasteiger partial charge >= 0.3 is 0 Å². The Morgan fingerprint density at radius 2 is 1.83 bits per heavy atom. The summed E-state index contributed by atoms with van der Waals surface area (Å²) < 4.78 is 5.56. The van der Waals surface area contributed by atoms with Crippen molar-refractivity contribution < 1.29 is 4.74 Å². The van der Waals surface area contributed by atoms with Gasteiger partial charge in [0, 0.05) is 31.2 Å². The standard InChI is InChI=1S/C22H39N5O.HI/c1-22(2,27-14-10-7-11-15-27)17-25-21(23-3)24-16-19(26(4)5)18-12-8-9-13-20(18)28-6;/h8-9,12-13,19H,7,10-11,14-17H2,1-6H3,(H2,23,24,25);1H. The summed E-state index contributed by atoms with van der Waals surface area (Å²) in [6.07, 6.45) is 3.97. The number of likely N-dealkylation sites (N-methyl/N-ethyl adjacent to an activating group) is 1. The van der Waals surface area contributed by atoms with E-state index in [2.05, 4.69) is 65.5 Å². The first-order valence-corrected chi connectivity index (χ1v) is 10.4. The summed E-state index contributed by atoms with van der Waals surface area (Å²) in [6, 6.07) is 8.39. The zero-order chi connectivity index (χ0) is 20.6. The van der Waals surface area contributed by atoms with Crippen molar-refractivity contribution in [2.24, 2.45) is 4.99 Å². The van der Waals surface area contributed by atoms with E-state index in [0.29, 0.717) is 0 Å². The third-order valence-corrected chi connectivity index (χ3v) is 5.71. The van der Waals surface area contributed by atoms with Crippen molar-refractivity contribution in [1.82, 2.24) is 20.4 Å². The molecule has 1 aromatic carbocycles. The van der Waals surface area contributed by atoms with E-state index in [1.807, 2.05) is 19.2 Å². The predicted octanol–water partition coefficient (Wildman–Crippen LogP) is 3.35. The Morgan fingerprint density at radius 3 is 2.41 bits per heavy atom. The molecule has 0 radical (unpaired) electrons. The molecule has 1 unspecified atom stereocenters. The molecule has 0 aromatic heterocycles. The van der Waals surface area contributed by atoms with Gasteiger partial charge in [0.1, 0.15) is 5.75 Å². The second kappa shape index (κ2) is 12.6. The van der Waals surface area contributed by atoms with E-state index in [0.717, 1.165) is 24.8 Å². The number of piperidine rings is 1. The molecule has 0 saturated carbocycles. The van der Waals surface area contributed by atoms with Gasteiger partial charge < -0.3 is 20.3 Å². The fourth-order valence-electron chi connectivity index (χ4n) is 3.84. The Kier molecular flexibility index (Phi) is 11.3. The van der Waals surface area contributed by atoms with Gasteiger partial charge in [0.05, 0.1) is 13.2 Å². The van der Waals surface area contributed by atoms with E-state index in [1.54, 1.807) is 7.11 Å². The van der Waals surface area contributed by atoms with Gasteiger partial charge in [-0.3, -0.25) is 9.89 Å². The summed E-state index contributed by atoms with van der Waals surface area (Å²) in [5.74, 6) is 1.75. The van der Waals surface area contributed by atoms with E-state index in [4.69, 9.17) is 4.74 Å². The summed E-state index contributed by atoms with van der Waals surface area (Å²) in [5, 5.41) is 7.03. The molecule has 2 rings (SSSR count). The van der Waals surface area contributed by atoms with Crippen LogP contribution in [0.25, 0.3) is 0 Å². The van der Waals surface area contributed by atoms with Gasteiger partial charge in [0.15, 0.2) is 5.96 Å². The molecule has 1 aliphatic heterocycles. The molecule has 0 aliphatic carbocycles. The van der Waals surface area contributed by atoms with Crippen LogP contribution in [0.2, 0.25) is 0 Å². The highest BCUT2D eigenvalue weighted by Gasteiger charge is 2.28. The number of ether oxygens (including phenoxy) is 1. The summed E-state index contributed by atoms with van der Waals surface area (Å²) in [6.45, 7) is 8.63. The van der Waals surface area contributed by atoms with E-state index in [9.17, 15) is 0 Å². The smallest absolute Gasteiger partial charge is 0.191 e. The van der Waals surface area contributed by atoms with Crippen molar-refractivity contribution in [3.05, 3.63) is 29.8 Å². The zero-order valence-corrected chi connectivity index (χ0v) is 21.3. The monoisotopic (exact) mass is 517 g/mol. The van der Waals surface area contributed by atoms with Gasteiger partial charge in [-0.2, -0.15) is 0 Å². The molecule has 1 aromatic rings. The van der Waals surface area contributed by atoms with E-state index in [-0.39, 0.29) is 35.6 Å². The minimum atomic E-state index is 0. The molecule has 1 aliphatic rings. The van der Waals surface area contributed by atoms with Crippen LogP contribution in [0.5, 0.6) is 5.75 Å². The van der Waals surface area contributed by atoms with E-state index < -0.39 is 0 Å². The largest absolute Gasteiger partial charge is 0.496 e. The van der Waals surface area contributed by atoms with Gasteiger partial charge in [0.25, 0.3) is 0 Å². The fourth-order valence-corrected chi connectivity index (χ4v) is 3.84. The third kappa shape index (κ3) is 7.61. The number of halogens is 1. The maximum Gasteiger partial charge on any atom is 0.191 e. The second-order valence-electron chi connectivity index (χ2n) is 8.39. The maximum absolute atomic E-state index is 5.56. The predicted molar refractivity (Wildman–Crippen MR) is 134 cm³/mol. The molecule has 29 heavy (non-hydrogen) atoms. The summed E-state index contributed by atoms with van der Waals surface area (Å²) in [4.78, 5) is 9.23. The lowest BCUT2D eigenvalue weighted by Crippen LogP contribution is -2.55. The second-order valence-corrected chi connectivity index (χ2v) is 8.39. The number of rotatable bonds is 8. The normalized spacial score (nSPS) is 16.9. The van der Waals surface area contributed by atoms with Crippen LogP contribution in [0.1, 0.15) is 44.7 Å². The number of benzene rings is 1. The number of likely N-dealkylation sites (tertiary alicyclic amines) is 1. The zero-order valence-electron chi connectivity index (χ0n) is 19.0. The summed E-state index contributed by atoms with van der Waals surface area (Å²) in [7, 11) is 7.74. The SMILES string of the molecule is CN=C(NCC(c1ccccc1OC)N(C)C)NCC(C)(C)N1CCCCC1.I. The van der Waals surface area contributed by atoms with Gasteiger partial charge in [0.2, 0.25) is 0 Å². The number of methoxy groups -OCH3 is 1. The molecule has 166 valence electrons. The average Bonchev–Trinajstić information content (AvgIpc) is 2.71. The fraction of sp³-hybridized carbons (Fsp3) is 0.682. The van der Waals surface area contributed by atoms with Crippen molar-refractivity contribution in [2.45, 2.75) is 44.7 Å². The summed E-state index contributed by atoms with van der Waals surface area (Å²) in [5.41, 5.74) is 1.29. The van der Waals surface area contributed by atoms with Crippen LogP contribution in [0, 0.1) is 0 Å². The van der Waals surface area contributed by atoms with Crippen molar-refractivity contribution in [1.29, 1.82) is 0 Å². The summed E-state index contributed by atoms with van der Waals surface area (Å²) >= 11 is 0. The number of nitrogens with zero attached hydrogens (tertiary/aromatic N) is 3. The number of para-hydroxylation sites is 1. The highest BCUT2D eigenvalue weighted by Crippen LogP contribution is 2.27. The molecular weight excluding hydrogens is 477 g/mol. The Hall–Kier alpha value is -1.06. The lowest BCUT2D eigenvalue weighted by atomic mass is 9.98. The topological polar surface area (TPSA) is 52.1 Å². The molecule has 7 heteroatoms. The quantitative estimate of drug-likeness (QED) is 0.315. The Morgan fingerprint density at radius 1 is 1.17 bits per heavy atom. The molecule has 2 N–H and O–H groups in total. The lowest BCUT2D eigenvalue weighted by Gasteiger charge is -2.41. The van der Waals surface area contributed by atoms with Gasteiger partial charge in [-0.1, -0.05) is 24.6 Å². The maximum atomic E-state index is 5.56. The van der Waals surface area contributed by atoms with Crippen molar-refractivity contribution in [3.63, 3.8) is 0 Å². The van der Waals surface area contributed by atoms with Crippen molar-refractivity contribution in [3.8, 4) is 5.75 Å². The molecule has 1 atom stereocenters. The van der Waals surface area contributed by atoms with Gasteiger partial charge in [-0.05, 0) is 59.9 Å². The molecular formula is C22H40IN5O. The molecule has 0 bridgehead atoms. The molecule has 0 amide bonds. The average molecular weight is 518 g/mol. The molecule has 1 heterocycles. The number of hydrogen-bond donors (Lipinski definition) is 2. The van der Waals surface area contributed by atoms with Crippen LogP contribution >= 0.6 is 24.0 Å². The number of aliphatic imine (C=N–C) groups is 1. The van der Waals surface area contributed by atoms with E-state index >= 15 is 0 Å². The first-order valence-electron chi connectivity index (χ1n) is 10.4. The number of hydrogen-bond acceptors (Lipinski definition) is 4. The van der Waals surface area contributed by atoms with Crippen LogP contribution < -0.4 is 15.4 Å². The number of nitrogens with one attached hydrogen (secondary N) is 2. The first kappa shape index (κ1) is 26.0.